The minimum atomic E-state index is -0.409. The van der Waals surface area contributed by atoms with Crippen LogP contribution >= 0.6 is 15.9 Å². The summed E-state index contributed by atoms with van der Waals surface area (Å²) in [5.41, 5.74) is 5.46. The van der Waals surface area contributed by atoms with Gasteiger partial charge in [-0.1, -0.05) is 48.5 Å². The third-order valence-corrected chi connectivity index (χ3v) is 5.57. The van der Waals surface area contributed by atoms with Crippen LogP contribution < -0.4 is 4.90 Å². The van der Waals surface area contributed by atoms with Gasteiger partial charge in [-0.05, 0) is 50.3 Å². The van der Waals surface area contributed by atoms with Crippen molar-refractivity contribution < 1.29 is 14.3 Å². The highest BCUT2D eigenvalue weighted by atomic mass is 79.9. The number of carbonyl (C=O) groups is 1. The number of hydrogen-bond acceptors (Lipinski definition) is 4. The number of halogens is 1. The van der Waals surface area contributed by atoms with Gasteiger partial charge in [-0.25, -0.2) is 9.78 Å². The molecule has 1 heterocycles. The number of rotatable bonds is 6. The zero-order chi connectivity index (χ0) is 20.2. The Labute approximate surface area is 178 Å². The molecule has 1 aliphatic carbocycles. The smallest absolute Gasteiger partial charge is 0.414 e. The molecular weight excluding hydrogens is 432 g/mol. The van der Waals surface area contributed by atoms with Crippen molar-refractivity contribution in [3.8, 4) is 11.1 Å². The summed E-state index contributed by atoms with van der Waals surface area (Å²) >= 11 is 3.32. The van der Waals surface area contributed by atoms with Crippen LogP contribution in [0.25, 0.3) is 11.1 Å². The SMILES string of the molecule is COCCN(C(=O)OCC1c2ccccc2-c2ccccc21)c1ccc(Br)nc1. The van der Waals surface area contributed by atoms with Crippen LogP contribution in [-0.2, 0) is 9.47 Å². The molecule has 4 rings (SSSR count). The van der Waals surface area contributed by atoms with E-state index in [1.165, 1.54) is 22.3 Å². The second kappa shape index (κ2) is 8.76. The fraction of sp³-hybridized carbons (Fsp3) is 0.217. The maximum Gasteiger partial charge on any atom is 0.414 e. The monoisotopic (exact) mass is 452 g/mol. The van der Waals surface area contributed by atoms with E-state index in [2.05, 4.69) is 45.2 Å². The van der Waals surface area contributed by atoms with E-state index in [-0.39, 0.29) is 12.5 Å². The van der Waals surface area contributed by atoms with Crippen molar-refractivity contribution >= 4 is 27.7 Å². The number of carbonyl (C=O) groups excluding carboxylic acids is 1. The fourth-order valence-electron chi connectivity index (χ4n) is 3.71. The summed E-state index contributed by atoms with van der Waals surface area (Å²) in [4.78, 5) is 18.7. The number of methoxy groups -OCH3 is 1. The molecule has 148 valence electrons. The first kappa shape index (κ1) is 19.6. The number of pyridine rings is 1. The van der Waals surface area contributed by atoms with Crippen LogP contribution in [0.5, 0.6) is 0 Å². The van der Waals surface area contributed by atoms with E-state index in [9.17, 15) is 4.79 Å². The van der Waals surface area contributed by atoms with E-state index in [1.807, 2.05) is 30.3 Å². The maximum absolute atomic E-state index is 12.9. The van der Waals surface area contributed by atoms with E-state index >= 15 is 0 Å². The zero-order valence-electron chi connectivity index (χ0n) is 16.0. The topological polar surface area (TPSA) is 51.7 Å². The van der Waals surface area contributed by atoms with E-state index in [1.54, 1.807) is 24.3 Å². The number of anilines is 1. The van der Waals surface area contributed by atoms with Gasteiger partial charge in [0.15, 0.2) is 0 Å². The van der Waals surface area contributed by atoms with Crippen molar-refractivity contribution in [3.63, 3.8) is 0 Å². The zero-order valence-corrected chi connectivity index (χ0v) is 17.6. The van der Waals surface area contributed by atoms with Gasteiger partial charge in [-0.3, -0.25) is 4.90 Å². The molecule has 2 aromatic carbocycles. The Bertz CT molecular complexity index is 962. The molecule has 0 atom stereocenters. The number of ether oxygens (including phenoxy) is 2. The first-order valence-electron chi connectivity index (χ1n) is 9.42. The first-order valence-corrected chi connectivity index (χ1v) is 10.2. The van der Waals surface area contributed by atoms with E-state index in [0.29, 0.717) is 23.4 Å². The van der Waals surface area contributed by atoms with Crippen molar-refractivity contribution in [2.45, 2.75) is 5.92 Å². The van der Waals surface area contributed by atoms with E-state index < -0.39 is 6.09 Å². The van der Waals surface area contributed by atoms with Gasteiger partial charge in [0.05, 0.1) is 25.0 Å². The van der Waals surface area contributed by atoms with Gasteiger partial charge in [0.25, 0.3) is 0 Å². The summed E-state index contributed by atoms with van der Waals surface area (Å²) in [6.45, 7) is 1.07. The summed E-state index contributed by atoms with van der Waals surface area (Å²) in [7, 11) is 1.61. The molecule has 1 amide bonds. The molecule has 0 saturated heterocycles. The van der Waals surface area contributed by atoms with Gasteiger partial charge in [0.1, 0.15) is 11.2 Å². The average Bonchev–Trinajstić information content (AvgIpc) is 3.07. The number of benzene rings is 2. The Hall–Kier alpha value is -2.70. The van der Waals surface area contributed by atoms with Crippen molar-refractivity contribution in [1.82, 2.24) is 4.98 Å². The molecule has 3 aromatic rings. The summed E-state index contributed by atoms with van der Waals surface area (Å²) in [5.74, 6) is 0.0265. The normalized spacial score (nSPS) is 12.3. The number of amides is 1. The maximum atomic E-state index is 12.9. The number of nitrogens with zero attached hydrogens (tertiary/aromatic N) is 2. The minimum absolute atomic E-state index is 0.0265. The average molecular weight is 453 g/mol. The predicted molar refractivity (Wildman–Crippen MR) is 116 cm³/mol. The molecule has 5 nitrogen and oxygen atoms in total. The summed E-state index contributed by atoms with van der Waals surface area (Å²) in [6, 6.07) is 20.2. The van der Waals surface area contributed by atoms with E-state index in [4.69, 9.17) is 9.47 Å². The summed E-state index contributed by atoms with van der Waals surface area (Å²) in [5, 5.41) is 0. The fourth-order valence-corrected chi connectivity index (χ4v) is 3.94. The third kappa shape index (κ3) is 4.04. The van der Waals surface area contributed by atoms with Crippen LogP contribution in [0.3, 0.4) is 0 Å². The molecule has 1 aromatic heterocycles. The number of hydrogen-bond donors (Lipinski definition) is 0. The van der Waals surface area contributed by atoms with Crippen LogP contribution in [0.4, 0.5) is 10.5 Å². The first-order chi connectivity index (χ1) is 14.2. The highest BCUT2D eigenvalue weighted by Crippen LogP contribution is 2.44. The molecular formula is C23H21BrN2O3. The van der Waals surface area contributed by atoms with Gasteiger partial charge in [0, 0.05) is 13.0 Å². The standard InChI is InChI=1S/C23H21BrN2O3/c1-28-13-12-26(16-10-11-22(24)25-14-16)23(27)29-15-21-19-8-4-2-6-17(19)18-7-3-5-9-20(18)21/h2-11,14,21H,12-13,15H2,1H3. The molecule has 0 spiro atoms. The van der Waals surface area contributed by atoms with Crippen LogP contribution in [0.2, 0.25) is 0 Å². The van der Waals surface area contributed by atoms with Crippen molar-refractivity contribution in [2.24, 2.45) is 0 Å². The molecule has 0 saturated carbocycles. The van der Waals surface area contributed by atoms with Crippen molar-refractivity contribution in [1.29, 1.82) is 0 Å². The van der Waals surface area contributed by atoms with Crippen LogP contribution in [0.15, 0.2) is 71.5 Å². The largest absolute Gasteiger partial charge is 0.448 e. The number of aromatic nitrogens is 1. The molecule has 6 heteroatoms. The lowest BCUT2D eigenvalue weighted by Gasteiger charge is -2.23. The molecule has 0 aliphatic heterocycles. The Morgan fingerprint density at radius 1 is 1.03 bits per heavy atom. The van der Waals surface area contributed by atoms with Crippen LogP contribution in [0.1, 0.15) is 17.0 Å². The Morgan fingerprint density at radius 3 is 2.28 bits per heavy atom. The summed E-state index contributed by atoms with van der Waals surface area (Å²) < 4.78 is 11.6. The van der Waals surface area contributed by atoms with Crippen LogP contribution in [0, 0.1) is 0 Å². The molecule has 0 bridgehead atoms. The van der Waals surface area contributed by atoms with Crippen LogP contribution in [-0.4, -0.2) is 37.9 Å². The second-order valence-corrected chi connectivity index (χ2v) is 7.60. The van der Waals surface area contributed by atoms with Crippen molar-refractivity contribution in [3.05, 3.63) is 82.6 Å². The molecule has 0 unspecified atom stereocenters. The van der Waals surface area contributed by atoms with Gasteiger partial charge < -0.3 is 9.47 Å². The second-order valence-electron chi connectivity index (χ2n) is 6.79. The third-order valence-electron chi connectivity index (χ3n) is 5.10. The quantitative estimate of drug-likeness (QED) is 0.479. The van der Waals surface area contributed by atoms with Gasteiger partial charge in [-0.15, -0.1) is 0 Å². The van der Waals surface area contributed by atoms with Gasteiger partial charge >= 0.3 is 6.09 Å². The Kier molecular flexibility index (Phi) is 5.92. The molecule has 0 fully saturated rings. The lowest BCUT2D eigenvalue weighted by Crippen LogP contribution is -2.35. The number of fused-ring (bicyclic) bond motifs is 3. The lowest BCUT2D eigenvalue weighted by molar-refractivity contribution is 0.145. The molecule has 0 radical (unpaired) electrons. The Morgan fingerprint density at radius 2 is 1.69 bits per heavy atom. The van der Waals surface area contributed by atoms with E-state index in [0.717, 1.165) is 0 Å². The highest BCUT2D eigenvalue weighted by molar-refractivity contribution is 9.10. The highest BCUT2D eigenvalue weighted by Gasteiger charge is 2.30. The Balaban J connectivity index is 1.54. The molecule has 0 N–H and O–H groups in total. The molecule has 29 heavy (non-hydrogen) atoms. The van der Waals surface area contributed by atoms with Gasteiger partial charge in [0.2, 0.25) is 0 Å². The minimum Gasteiger partial charge on any atom is -0.448 e. The predicted octanol–water partition coefficient (Wildman–Crippen LogP) is 5.25. The summed E-state index contributed by atoms with van der Waals surface area (Å²) in [6.07, 6.45) is 1.23. The van der Waals surface area contributed by atoms with Gasteiger partial charge in [-0.2, -0.15) is 0 Å². The molecule has 1 aliphatic rings. The van der Waals surface area contributed by atoms with Crippen molar-refractivity contribution in [2.75, 3.05) is 31.8 Å². The lowest BCUT2D eigenvalue weighted by atomic mass is 9.98.